The number of allylic oxidation sites excluding steroid dienone is 2. The largest absolute Gasteiger partial charge is 0.444 e. The third kappa shape index (κ3) is 3.55. The number of nitrogens with zero attached hydrogens (tertiary/aromatic N) is 3. The second kappa shape index (κ2) is 6.90. The predicted molar refractivity (Wildman–Crippen MR) is 97.7 cm³/mol. The molecule has 3 rings (SSSR count). The van der Waals surface area contributed by atoms with Gasteiger partial charge in [-0.25, -0.2) is 4.79 Å². The van der Waals surface area contributed by atoms with Gasteiger partial charge >= 0.3 is 6.09 Å². The van der Waals surface area contributed by atoms with Crippen molar-refractivity contribution in [2.75, 3.05) is 13.1 Å². The van der Waals surface area contributed by atoms with Gasteiger partial charge in [-0.05, 0) is 52.2 Å². The molecule has 5 heteroatoms. The van der Waals surface area contributed by atoms with Crippen molar-refractivity contribution in [2.45, 2.75) is 51.3 Å². The van der Waals surface area contributed by atoms with Crippen molar-refractivity contribution in [3.05, 3.63) is 54.5 Å². The van der Waals surface area contributed by atoms with Crippen LogP contribution in [-0.2, 0) is 10.4 Å². The highest BCUT2D eigenvalue weighted by Gasteiger charge is 2.48. The summed E-state index contributed by atoms with van der Waals surface area (Å²) < 4.78 is 5.74. The fourth-order valence-electron chi connectivity index (χ4n) is 3.63. The summed E-state index contributed by atoms with van der Waals surface area (Å²) in [7, 11) is 0. The van der Waals surface area contributed by atoms with Crippen LogP contribution in [0, 0.1) is 0 Å². The van der Waals surface area contributed by atoms with Crippen LogP contribution in [-0.4, -0.2) is 39.6 Å². The van der Waals surface area contributed by atoms with Crippen molar-refractivity contribution in [2.24, 2.45) is 0 Å². The van der Waals surface area contributed by atoms with Crippen LogP contribution in [0.25, 0.3) is 0 Å². The van der Waals surface area contributed by atoms with Crippen LogP contribution >= 0.6 is 0 Å². The number of likely N-dealkylation sites (tertiary alicyclic amines) is 1. The van der Waals surface area contributed by atoms with Crippen LogP contribution in [0.5, 0.6) is 0 Å². The topological polar surface area (TPSA) is 45.7 Å². The van der Waals surface area contributed by atoms with Gasteiger partial charge < -0.3 is 9.64 Å². The fraction of sp³-hybridized carbons (Fsp3) is 0.500. The zero-order valence-electron chi connectivity index (χ0n) is 15.3. The van der Waals surface area contributed by atoms with Gasteiger partial charge in [-0.3, -0.25) is 9.88 Å². The molecular weight excluding hydrogens is 314 g/mol. The molecule has 2 aliphatic rings. The Kier molecular flexibility index (Phi) is 4.84. The summed E-state index contributed by atoms with van der Waals surface area (Å²) in [5.41, 5.74) is -0.0522. The van der Waals surface area contributed by atoms with Crippen LogP contribution in [0.1, 0.15) is 45.6 Å². The molecule has 0 bridgehead atoms. The second-order valence-electron chi connectivity index (χ2n) is 7.57. The van der Waals surface area contributed by atoms with E-state index in [0.717, 1.165) is 31.4 Å². The van der Waals surface area contributed by atoms with Gasteiger partial charge in [0.15, 0.2) is 0 Å². The number of hydrogen-bond donors (Lipinski definition) is 0. The van der Waals surface area contributed by atoms with Gasteiger partial charge in [-0.1, -0.05) is 18.2 Å². The molecule has 1 amide bonds. The zero-order valence-corrected chi connectivity index (χ0v) is 15.3. The van der Waals surface area contributed by atoms with Crippen LogP contribution in [0.3, 0.4) is 0 Å². The molecule has 3 heterocycles. The van der Waals surface area contributed by atoms with E-state index >= 15 is 0 Å². The molecule has 0 spiro atoms. The van der Waals surface area contributed by atoms with Gasteiger partial charge in [0.2, 0.25) is 0 Å². The summed E-state index contributed by atoms with van der Waals surface area (Å²) in [5, 5.41) is 0. The fourth-order valence-corrected chi connectivity index (χ4v) is 3.63. The third-order valence-corrected chi connectivity index (χ3v) is 4.63. The molecule has 1 unspecified atom stereocenters. The first-order chi connectivity index (χ1) is 11.9. The van der Waals surface area contributed by atoms with Crippen LogP contribution < -0.4 is 0 Å². The van der Waals surface area contributed by atoms with Gasteiger partial charge in [0, 0.05) is 37.2 Å². The summed E-state index contributed by atoms with van der Waals surface area (Å²) in [4.78, 5) is 21.5. The standard InChI is InChI=1S/C20H27N3O2/c1-19(2,3)25-18(24)23-15-8-5-11-20(23,17-10-9-12-21-16-17)22-13-6-4-7-14-22/h4,6-7,9-10,12-13,16H,5,8,11,14-15H2,1-3H3. The summed E-state index contributed by atoms with van der Waals surface area (Å²) in [6.45, 7) is 7.15. The Morgan fingerprint density at radius 3 is 2.76 bits per heavy atom. The Hall–Kier alpha value is -2.30. The van der Waals surface area contributed by atoms with E-state index in [1.165, 1.54) is 0 Å². The molecule has 25 heavy (non-hydrogen) atoms. The predicted octanol–water partition coefficient (Wildman–Crippen LogP) is 4.04. The van der Waals surface area contributed by atoms with Gasteiger partial charge in [0.1, 0.15) is 11.3 Å². The normalized spacial score (nSPS) is 23.6. The molecule has 1 aromatic rings. The summed E-state index contributed by atoms with van der Waals surface area (Å²) >= 11 is 0. The van der Waals surface area contributed by atoms with Gasteiger partial charge in [0.25, 0.3) is 0 Å². The lowest BCUT2D eigenvalue weighted by Gasteiger charge is -2.53. The minimum atomic E-state index is -0.559. The van der Waals surface area contributed by atoms with Gasteiger partial charge in [-0.2, -0.15) is 0 Å². The number of rotatable bonds is 2. The van der Waals surface area contributed by atoms with Crippen molar-refractivity contribution in [3.8, 4) is 0 Å². The number of piperidine rings is 1. The highest BCUT2D eigenvalue weighted by atomic mass is 16.6. The Morgan fingerprint density at radius 1 is 1.28 bits per heavy atom. The van der Waals surface area contributed by atoms with E-state index in [2.05, 4.69) is 28.2 Å². The Morgan fingerprint density at radius 2 is 2.12 bits per heavy atom. The molecule has 1 saturated heterocycles. The molecule has 5 nitrogen and oxygen atoms in total. The number of hydrogen-bond acceptors (Lipinski definition) is 4. The van der Waals surface area contributed by atoms with Crippen LogP contribution in [0.15, 0.2) is 49.0 Å². The molecular formula is C20H27N3O2. The maximum atomic E-state index is 13.1. The first-order valence-corrected chi connectivity index (χ1v) is 8.95. The van der Waals surface area contributed by atoms with Crippen LogP contribution in [0.2, 0.25) is 0 Å². The lowest BCUT2D eigenvalue weighted by Crippen LogP contribution is -2.61. The van der Waals surface area contributed by atoms with E-state index in [4.69, 9.17) is 4.74 Å². The van der Waals surface area contributed by atoms with Gasteiger partial charge in [-0.15, -0.1) is 0 Å². The summed E-state index contributed by atoms with van der Waals surface area (Å²) in [5.74, 6) is 0. The van der Waals surface area contributed by atoms with Gasteiger partial charge in [0.05, 0.1) is 0 Å². The number of ether oxygens (including phenoxy) is 1. The maximum Gasteiger partial charge on any atom is 0.412 e. The van der Waals surface area contributed by atoms with Crippen molar-refractivity contribution in [1.29, 1.82) is 0 Å². The minimum Gasteiger partial charge on any atom is -0.444 e. The van der Waals surface area contributed by atoms with Crippen molar-refractivity contribution < 1.29 is 9.53 Å². The third-order valence-electron chi connectivity index (χ3n) is 4.63. The Bertz CT molecular complexity index is 663. The number of amides is 1. The molecule has 1 fully saturated rings. The van der Waals surface area contributed by atoms with E-state index in [1.807, 2.05) is 50.1 Å². The van der Waals surface area contributed by atoms with Crippen molar-refractivity contribution >= 4 is 6.09 Å². The summed E-state index contributed by atoms with van der Waals surface area (Å²) in [6, 6.07) is 3.99. The van der Waals surface area contributed by atoms with E-state index in [1.54, 1.807) is 6.20 Å². The average molecular weight is 341 g/mol. The maximum absolute atomic E-state index is 13.1. The van der Waals surface area contributed by atoms with E-state index in [-0.39, 0.29) is 6.09 Å². The Labute approximate surface area is 150 Å². The smallest absolute Gasteiger partial charge is 0.412 e. The molecule has 0 N–H and O–H groups in total. The highest BCUT2D eigenvalue weighted by molar-refractivity contribution is 5.70. The molecule has 0 aliphatic carbocycles. The number of carbonyl (C=O) groups excluding carboxylic acids is 1. The number of aromatic nitrogens is 1. The van der Waals surface area contributed by atoms with E-state index < -0.39 is 11.3 Å². The zero-order chi connectivity index (χ0) is 17.9. The monoisotopic (exact) mass is 341 g/mol. The summed E-state index contributed by atoms with van der Waals surface area (Å²) in [6.07, 6.45) is 14.5. The number of carbonyl (C=O) groups is 1. The van der Waals surface area contributed by atoms with Crippen molar-refractivity contribution in [1.82, 2.24) is 14.8 Å². The molecule has 0 saturated carbocycles. The molecule has 2 aliphatic heterocycles. The lowest BCUT2D eigenvalue weighted by atomic mass is 9.87. The molecule has 134 valence electrons. The minimum absolute atomic E-state index is 0.265. The highest BCUT2D eigenvalue weighted by Crippen LogP contribution is 2.42. The number of pyridine rings is 1. The first kappa shape index (κ1) is 17.5. The SMILES string of the molecule is CC(C)(C)OC(=O)N1CCCCC1(c1cccnc1)N1C=CC=CC1. The van der Waals surface area contributed by atoms with Crippen LogP contribution in [0.4, 0.5) is 4.79 Å². The van der Waals surface area contributed by atoms with Crippen molar-refractivity contribution in [3.63, 3.8) is 0 Å². The Balaban J connectivity index is 2.05. The van der Waals surface area contributed by atoms with E-state index in [0.29, 0.717) is 6.54 Å². The van der Waals surface area contributed by atoms with E-state index in [9.17, 15) is 4.79 Å². The quantitative estimate of drug-likeness (QED) is 0.814. The first-order valence-electron chi connectivity index (χ1n) is 8.95. The molecule has 1 atom stereocenters. The molecule has 1 aromatic heterocycles. The lowest BCUT2D eigenvalue weighted by molar-refractivity contribution is -0.0720. The molecule has 0 aromatic carbocycles. The second-order valence-corrected chi connectivity index (χ2v) is 7.57. The molecule has 0 radical (unpaired) electrons. The average Bonchev–Trinajstić information content (AvgIpc) is 2.61.